The highest BCUT2D eigenvalue weighted by Gasteiger charge is 2.30. The van der Waals surface area contributed by atoms with Gasteiger partial charge in [0.05, 0.1) is 39.5 Å². The first-order chi connectivity index (χ1) is 10.2. The molecule has 0 radical (unpaired) electrons. The number of carbonyl (C=O) groups excluding carboxylic acids is 1. The highest BCUT2D eigenvalue weighted by Crippen LogP contribution is 2.28. The van der Waals surface area contributed by atoms with Crippen LogP contribution in [0, 0.1) is 0 Å². The number of hydrogen-bond acceptors (Lipinski definition) is 6. The molecular weight excluding hydrogens is 274 g/mol. The van der Waals surface area contributed by atoms with Crippen LogP contribution in [-0.4, -0.2) is 58.3 Å². The Morgan fingerprint density at radius 1 is 0.952 bits per heavy atom. The first-order valence-corrected chi connectivity index (χ1v) is 7.75. The van der Waals surface area contributed by atoms with Crippen molar-refractivity contribution >= 4 is 5.97 Å². The van der Waals surface area contributed by atoms with Gasteiger partial charge in [-0.15, -0.1) is 0 Å². The highest BCUT2D eigenvalue weighted by molar-refractivity contribution is 5.70. The van der Waals surface area contributed by atoms with Gasteiger partial charge in [-0.2, -0.15) is 0 Å². The van der Waals surface area contributed by atoms with Crippen molar-refractivity contribution in [2.45, 2.75) is 44.1 Å². The smallest absolute Gasteiger partial charge is 0.307 e. The summed E-state index contributed by atoms with van der Waals surface area (Å²) in [4.78, 5) is 11.7. The summed E-state index contributed by atoms with van der Waals surface area (Å²) < 4.78 is 20.5. The molecule has 6 heteroatoms. The number of rotatable bonds is 11. The summed E-state index contributed by atoms with van der Waals surface area (Å²) in [5.41, 5.74) is 5.86. The van der Waals surface area contributed by atoms with Crippen molar-refractivity contribution in [3.05, 3.63) is 0 Å². The van der Waals surface area contributed by atoms with Gasteiger partial charge in [-0.05, 0) is 12.8 Å². The van der Waals surface area contributed by atoms with E-state index in [2.05, 4.69) is 0 Å². The minimum atomic E-state index is -0.356. The van der Waals surface area contributed by atoms with E-state index < -0.39 is 0 Å². The van der Waals surface area contributed by atoms with Gasteiger partial charge in [-0.3, -0.25) is 4.79 Å². The Morgan fingerprint density at radius 2 is 1.52 bits per heavy atom. The summed E-state index contributed by atoms with van der Waals surface area (Å²) in [6, 6.07) is 0. The van der Waals surface area contributed by atoms with Gasteiger partial charge in [0.15, 0.2) is 0 Å². The monoisotopic (exact) mass is 303 g/mol. The molecule has 0 spiro atoms. The zero-order valence-electron chi connectivity index (χ0n) is 13.1. The standard InChI is InChI=1S/C15H29NO5/c1-18-7-8-19-9-10-20-11-12-21-14(17)13-15(16)5-3-2-4-6-15/h2-13,16H2,1H3. The van der Waals surface area contributed by atoms with Gasteiger partial charge in [0.1, 0.15) is 6.61 Å². The van der Waals surface area contributed by atoms with E-state index in [9.17, 15) is 4.79 Å². The number of ether oxygens (including phenoxy) is 4. The van der Waals surface area contributed by atoms with E-state index in [4.69, 9.17) is 24.7 Å². The molecule has 0 aliphatic heterocycles. The van der Waals surface area contributed by atoms with Gasteiger partial charge < -0.3 is 24.7 Å². The Kier molecular flexibility index (Phi) is 9.58. The average Bonchev–Trinajstić information content (AvgIpc) is 2.46. The molecule has 1 fully saturated rings. The molecule has 1 rings (SSSR count). The number of carbonyl (C=O) groups is 1. The van der Waals surface area contributed by atoms with E-state index in [1.165, 1.54) is 6.42 Å². The van der Waals surface area contributed by atoms with Crippen LogP contribution in [0.2, 0.25) is 0 Å². The third-order valence-electron chi connectivity index (χ3n) is 3.64. The Hall–Kier alpha value is -0.690. The van der Waals surface area contributed by atoms with Crippen molar-refractivity contribution in [3.63, 3.8) is 0 Å². The lowest BCUT2D eigenvalue weighted by Crippen LogP contribution is -2.44. The van der Waals surface area contributed by atoms with Crippen molar-refractivity contribution in [1.29, 1.82) is 0 Å². The minimum Gasteiger partial charge on any atom is -0.463 e. The van der Waals surface area contributed by atoms with Crippen LogP contribution in [0.3, 0.4) is 0 Å². The minimum absolute atomic E-state index is 0.223. The first-order valence-electron chi connectivity index (χ1n) is 7.75. The van der Waals surface area contributed by atoms with Crippen LogP contribution >= 0.6 is 0 Å². The summed E-state index contributed by atoms with van der Waals surface area (Å²) in [5, 5.41) is 0. The van der Waals surface area contributed by atoms with Crippen molar-refractivity contribution in [2.75, 3.05) is 46.8 Å². The largest absolute Gasteiger partial charge is 0.463 e. The lowest BCUT2D eigenvalue weighted by Gasteiger charge is -2.32. The van der Waals surface area contributed by atoms with Crippen molar-refractivity contribution in [2.24, 2.45) is 5.73 Å². The van der Waals surface area contributed by atoms with Crippen LogP contribution in [0.5, 0.6) is 0 Å². The van der Waals surface area contributed by atoms with E-state index >= 15 is 0 Å². The van der Waals surface area contributed by atoms with Crippen LogP contribution in [0.25, 0.3) is 0 Å². The van der Waals surface area contributed by atoms with Crippen molar-refractivity contribution in [1.82, 2.24) is 0 Å². The maximum atomic E-state index is 11.7. The van der Waals surface area contributed by atoms with E-state index in [0.29, 0.717) is 39.5 Å². The van der Waals surface area contributed by atoms with Gasteiger partial charge in [0, 0.05) is 12.6 Å². The number of esters is 1. The van der Waals surface area contributed by atoms with Crippen LogP contribution in [0.1, 0.15) is 38.5 Å². The summed E-state index contributed by atoms with van der Waals surface area (Å²) >= 11 is 0. The second-order valence-electron chi connectivity index (χ2n) is 5.54. The number of methoxy groups -OCH3 is 1. The van der Waals surface area contributed by atoms with Crippen molar-refractivity contribution in [3.8, 4) is 0 Å². The molecule has 124 valence electrons. The SMILES string of the molecule is COCCOCCOCCOC(=O)CC1(N)CCCCC1. The molecule has 6 nitrogen and oxygen atoms in total. The molecule has 0 heterocycles. The molecular formula is C15H29NO5. The maximum absolute atomic E-state index is 11.7. The van der Waals surface area contributed by atoms with Crippen LogP contribution in [-0.2, 0) is 23.7 Å². The number of hydrogen-bond donors (Lipinski definition) is 1. The molecule has 21 heavy (non-hydrogen) atoms. The van der Waals surface area contributed by atoms with Gasteiger partial charge in [-0.25, -0.2) is 0 Å². The molecule has 0 aromatic rings. The molecule has 0 amide bonds. The second-order valence-corrected chi connectivity index (χ2v) is 5.54. The Labute approximate surface area is 127 Å². The van der Waals surface area contributed by atoms with E-state index in [0.717, 1.165) is 25.7 Å². The second kappa shape index (κ2) is 11.0. The quantitative estimate of drug-likeness (QED) is 0.457. The molecule has 2 N–H and O–H groups in total. The summed E-state index contributed by atoms with van der Waals surface area (Å²) in [5.74, 6) is -0.223. The molecule has 0 aromatic carbocycles. The third kappa shape index (κ3) is 9.03. The normalized spacial score (nSPS) is 17.6. The molecule has 1 aliphatic rings. The van der Waals surface area contributed by atoms with Gasteiger partial charge in [-0.1, -0.05) is 19.3 Å². The fraction of sp³-hybridized carbons (Fsp3) is 0.933. The molecule has 0 bridgehead atoms. The van der Waals surface area contributed by atoms with E-state index in [1.807, 2.05) is 0 Å². The zero-order valence-corrected chi connectivity index (χ0v) is 13.1. The van der Waals surface area contributed by atoms with Gasteiger partial charge in [0.25, 0.3) is 0 Å². The Balaban J connectivity index is 1.93. The molecule has 0 atom stereocenters. The number of nitrogens with two attached hydrogens (primary N) is 1. The molecule has 0 unspecified atom stereocenters. The van der Waals surface area contributed by atoms with Crippen LogP contribution < -0.4 is 5.73 Å². The zero-order chi connectivity index (χ0) is 15.4. The molecule has 1 aliphatic carbocycles. The molecule has 0 saturated heterocycles. The lowest BCUT2D eigenvalue weighted by molar-refractivity contribution is -0.147. The van der Waals surface area contributed by atoms with Crippen LogP contribution in [0.4, 0.5) is 0 Å². The van der Waals surface area contributed by atoms with Crippen LogP contribution in [0.15, 0.2) is 0 Å². The van der Waals surface area contributed by atoms with E-state index in [1.54, 1.807) is 7.11 Å². The maximum Gasteiger partial charge on any atom is 0.307 e. The molecule has 1 saturated carbocycles. The summed E-state index contributed by atoms with van der Waals surface area (Å²) in [6.45, 7) is 2.81. The first kappa shape index (κ1) is 18.4. The fourth-order valence-electron chi connectivity index (χ4n) is 2.45. The topological polar surface area (TPSA) is 80.0 Å². The average molecular weight is 303 g/mol. The Bertz CT molecular complexity index is 279. The summed E-state index contributed by atoms with van der Waals surface area (Å²) in [7, 11) is 1.63. The van der Waals surface area contributed by atoms with Gasteiger partial charge >= 0.3 is 5.97 Å². The van der Waals surface area contributed by atoms with Gasteiger partial charge in [0.2, 0.25) is 0 Å². The predicted octanol–water partition coefficient (Wildman–Crippen LogP) is 1.26. The molecule has 0 aromatic heterocycles. The highest BCUT2D eigenvalue weighted by atomic mass is 16.6. The Morgan fingerprint density at radius 3 is 2.14 bits per heavy atom. The fourth-order valence-corrected chi connectivity index (χ4v) is 2.45. The van der Waals surface area contributed by atoms with E-state index in [-0.39, 0.29) is 18.1 Å². The van der Waals surface area contributed by atoms with Crippen molar-refractivity contribution < 1.29 is 23.7 Å². The predicted molar refractivity (Wildman–Crippen MR) is 79.1 cm³/mol. The lowest BCUT2D eigenvalue weighted by atomic mass is 9.80. The third-order valence-corrected chi connectivity index (χ3v) is 3.64. The summed E-state index contributed by atoms with van der Waals surface area (Å²) in [6.07, 6.45) is 5.57.